The van der Waals surface area contributed by atoms with Crippen molar-refractivity contribution in [2.75, 3.05) is 39.8 Å². The second-order valence-corrected chi connectivity index (χ2v) is 5.81. The number of carbonyl (C=O) groups is 1. The number of amides is 1. The molecule has 0 fully saturated rings. The smallest absolute Gasteiger partial charge is 0.224 e. The van der Waals surface area contributed by atoms with Crippen molar-refractivity contribution in [3.63, 3.8) is 0 Å². The van der Waals surface area contributed by atoms with Crippen LogP contribution in [0.3, 0.4) is 0 Å². The molecule has 0 atom stereocenters. The highest BCUT2D eigenvalue weighted by Crippen LogP contribution is 2.12. The Balaban J connectivity index is 2.56. The summed E-state index contributed by atoms with van der Waals surface area (Å²) < 4.78 is 0. The standard InChI is InChI=1S/C15H27N3OS/c1-4-17(5-2)10-11-18(15(19)8-9-16-3)13-14-7-6-12-20-14/h6-7,12,16H,4-5,8-11,13H2,1-3H3. The van der Waals surface area contributed by atoms with Crippen molar-refractivity contribution in [2.24, 2.45) is 0 Å². The zero-order valence-corrected chi connectivity index (χ0v) is 13.7. The van der Waals surface area contributed by atoms with E-state index in [1.54, 1.807) is 11.3 Å². The van der Waals surface area contributed by atoms with Crippen LogP contribution in [0.2, 0.25) is 0 Å². The van der Waals surface area contributed by atoms with Crippen molar-refractivity contribution >= 4 is 17.2 Å². The van der Waals surface area contributed by atoms with Crippen LogP contribution in [0.15, 0.2) is 17.5 Å². The Morgan fingerprint density at radius 2 is 2.05 bits per heavy atom. The molecule has 1 amide bonds. The van der Waals surface area contributed by atoms with Crippen molar-refractivity contribution in [3.8, 4) is 0 Å². The molecule has 4 nitrogen and oxygen atoms in total. The van der Waals surface area contributed by atoms with Gasteiger partial charge in [-0.2, -0.15) is 0 Å². The predicted octanol–water partition coefficient (Wildman–Crippen LogP) is 2.03. The molecule has 114 valence electrons. The topological polar surface area (TPSA) is 35.6 Å². The van der Waals surface area contributed by atoms with E-state index < -0.39 is 0 Å². The molecule has 5 heteroatoms. The molecule has 0 radical (unpaired) electrons. The lowest BCUT2D eigenvalue weighted by Gasteiger charge is -2.26. The van der Waals surface area contributed by atoms with Gasteiger partial charge in [0.05, 0.1) is 6.54 Å². The molecule has 0 saturated heterocycles. The first kappa shape index (κ1) is 17.1. The molecule has 1 rings (SSSR count). The molecular weight excluding hydrogens is 270 g/mol. The molecule has 0 aliphatic rings. The quantitative estimate of drug-likeness (QED) is 0.718. The number of nitrogens with zero attached hydrogens (tertiary/aromatic N) is 2. The normalized spacial score (nSPS) is 11.0. The zero-order valence-electron chi connectivity index (χ0n) is 12.9. The molecule has 0 aromatic carbocycles. The van der Waals surface area contributed by atoms with E-state index >= 15 is 0 Å². The highest BCUT2D eigenvalue weighted by molar-refractivity contribution is 7.09. The van der Waals surface area contributed by atoms with Crippen molar-refractivity contribution < 1.29 is 4.79 Å². The van der Waals surface area contributed by atoms with Gasteiger partial charge >= 0.3 is 0 Å². The number of thiophene rings is 1. The predicted molar refractivity (Wildman–Crippen MR) is 86.1 cm³/mol. The minimum atomic E-state index is 0.236. The minimum absolute atomic E-state index is 0.236. The summed E-state index contributed by atoms with van der Waals surface area (Å²) in [4.78, 5) is 17.9. The van der Waals surface area contributed by atoms with Crippen LogP contribution in [0.25, 0.3) is 0 Å². The van der Waals surface area contributed by atoms with Crippen LogP contribution in [0.5, 0.6) is 0 Å². The number of hydrogen-bond donors (Lipinski definition) is 1. The van der Waals surface area contributed by atoms with E-state index in [9.17, 15) is 4.79 Å². The third-order valence-electron chi connectivity index (χ3n) is 3.45. The minimum Gasteiger partial charge on any atom is -0.336 e. The average molecular weight is 297 g/mol. The van der Waals surface area contributed by atoms with Crippen LogP contribution in [0.4, 0.5) is 0 Å². The van der Waals surface area contributed by atoms with Gasteiger partial charge in [0.1, 0.15) is 0 Å². The Bertz CT molecular complexity index is 363. The van der Waals surface area contributed by atoms with E-state index in [0.717, 1.165) is 39.3 Å². The first-order valence-electron chi connectivity index (χ1n) is 7.38. The Hall–Kier alpha value is -0.910. The summed E-state index contributed by atoms with van der Waals surface area (Å²) in [5.41, 5.74) is 0. The molecule has 0 saturated carbocycles. The summed E-state index contributed by atoms with van der Waals surface area (Å²) in [6, 6.07) is 4.14. The van der Waals surface area contributed by atoms with E-state index in [2.05, 4.69) is 35.5 Å². The van der Waals surface area contributed by atoms with E-state index in [-0.39, 0.29) is 5.91 Å². The van der Waals surface area contributed by atoms with E-state index in [1.807, 2.05) is 18.0 Å². The molecule has 1 aromatic rings. The zero-order chi connectivity index (χ0) is 14.8. The van der Waals surface area contributed by atoms with Crippen LogP contribution in [-0.2, 0) is 11.3 Å². The lowest BCUT2D eigenvalue weighted by Crippen LogP contribution is -2.39. The maximum absolute atomic E-state index is 12.3. The maximum Gasteiger partial charge on any atom is 0.224 e. The molecule has 0 spiro atoms. The second kappa shape index (κ2) is 9.91. The maximum atomic E-state index is 12.3. The molecule has 0 aliphatic heterocycles. The number of nitrogens with one attached hydrogen (secondary N) is 1. The van der Waals surface area contributed by atoms with Crippen molar-refractivity contribution in [2.45, 2.75) is 26.8 Å². The van der Waals surface area contributed by atoms with Gasteiger partial charge < -0.3 is 15.1 Å². The van der Waals surface area contributed by atoms with Crippen molar-refractivity contribution in [1.82, 2.24) is 15.1 Å². The van der Waals surface area contributed by atoms with Gasteiger partial charge in [-0.25, -0.2) is 0 Å². The van der Waals surface area contributed by atoms with Crippen molar-refractivity contribution in [3.05, 3.63) is 22.4 Å². The molecule has 1 N–H and O–H groups in total. The lowest BCUT2D eigenvalue weighted by atomic mass is 10.3. The Morgan fingerprint density at radius 1 is 1.30 bits per heavy atom. The average Bonchev–Trinajstić information content (AvgIpc) is 2.97. The van der Waals surface area contributed by atoms with E-state index in [0.29, 0.717) is 6.42 Å². The van der Waals surface area contributed by atoms with Crippen LogP contribution < -0.4 is 5.32 Å². The Morgan fingerprint density at radius 3 is 2.60 bits per heavy atom. The van der Waals surface area contributed by atoms with Gasteiger partial charge in [0.15, 0.2) is 0 Å². The van der Waals surface area contributed by atoms with E-state index in [4.69, 9.17) is 0 Å². The van der Waals surface area contributed by atoms with Crippen LogP contribution in [0, 0.1) is 0 Å². The summed E-state index contributed by atoms with van der Waals surface area (Å²) in [5.74, 6) is 0.236. The Kier molecular flexibility index (Phi) is 8.49. The van der Waals surface area contributed by atoms with Gasteiger partial charge in [-0.05, 0) is 31.6 Å². The molecule has 0 aliphatic carbocycles. The van der Waals surface area contributed by atoms with Crippen LogP contribution >= 0.6 is 11.3 Å². The third-order valence-corrected chi connectivity index (χ3v) is 4.31. The molecule has 0 bridgehead atoms. The number of carbonyl (C=O) groups excluding carboxylic acids is 1. The largest absolute Gasteiger partial charge is 0.336 e. The molecular formula is C15H27N3OS. The van der Waals surface area contributed by atoms with Gasteiger partial charge in [-0.15, -0.1) is 11.3 Å². The van der Waals surface area contributed by atoms with Crippen molar-refractivity contribution in [1.29, 1.82) is 0 Å². The summed E-state index contributed by atoms with van der Waals surface area (Å²) in [6.07, 6.45) is 0.570. The molecule has 20 heavy (non-hydrogen) atoms. The fraction of sp³-hybridized carbons (Fsp3) is 0.667. The van der Waals surface area contributed by atoms with Crippen LogP contribution in [0.1, 0.15) is 25.1 Å². The van der Waals surface area contributed by atoms with Gasteiger partial charge in [-0.1, -0.05) is 19.9 Å². The highest BCUT2D eigenvalue weighted by atomic mass is 32.1. The fourth-order valence-electron chi connectivity index (χ4n) is 2.07. The highest BCUT2D eigenvalue weighted by Gasteiger charge is 2.14. The van der Waals surface area contributed by atoms with Crippen LogP contribution in [-0.4, -0.2) is 55.5 Å². The molecule has 1 heterocycles. The first-order chi connectivity index (χ1) is 9.71. The summed E-state index contributed by atoms with van der Waals surface area (Å²) in [6.45, 7) is 9.63. The number of hydrogen-bond acceptors (Lipinski definition) is 4. The SMILES string of the molecule is CCN(CC)CCN(Cc1cccs1)C(=O)CCNC. The molecule has 0 unspecified atom stereocenters. The lowest BCUT2D eigenvalue weighted by molar-refractivity contribution is -0.131. The first-order valence-corrected chi connectivity index (χ1v) is 8.26. The van der Waals surface area contributed by atoms with Gasteiger partial charge in [-0.3, -0.25) is 4.79 Å². The monoisotopic (exact) mass is 297 g/mol. The fourth-order valence-corrected chi connectivity index (χ4v) is 2.79. The van der Waals surface area contributed by atoms with Gasteiger partial charge in [0.25, 0.3) is 0 Å². The summed E-state index contributed by atoms with van der Waals surface area (Å²) in [7, 11) is 1.88. The summed E-state index contributed by atoms with van der Waals surface area (Å²) >= 11 is 1.72. The summed E-state index contributed by atoms with van der Waals surface area (Å²) in [5, 5.41) is 5.11. The molecule has 1 aromatic heterocycles. The number of rotatable bonds is 10. The third kappa shape index (κ3) is 6.03. The second-order valence-electron chi connectivity index (χ2n) is 4.78. The Labute approximate surface area is 126 Å². The number of likely N-dealkylation sites (N-methyl/N-ethyl adjacent to an activating group) is 1. The van der Waals surface area contributed by atoms with E-state index in [1.165, 1.54) is 4.88 Å². The van der Waals surface area contributed by atoms with Gasteiger partial charge in [0.2, 0.25) is 5.91 Å². The van der Waals surface area contributed by atoms with Gasteiger partial charge in [0, 0.05) is 30.9 Å².